The minimum atomic E-state index is -0.432. The van der Waals surface area contributed by atoms with Gasteiger partial charge in [0, 0.05) is 17.8 Å². The standard InChI is InChI=1S/C21H23N3O3S/c1-13-8-9-17-14(11-13)12-18(28-17)21(27)23-22-20(26)15-5-2-3-6-16(15)24-10-4-7-19(24)25/h2-3,5-6,12-13H,4,7-11H2,1H3,(H,22,26)(H,23,27)/t13-/m1/s1. The number of thiophene rings is 1. The van der Waals surface area contributed by atoms with E-state index in [0.717, 1.165) is 25.7 Å². The summed E-state index contributed by atoms with van der Waals surface area (Å²) in [5.74, 6) is -0.0843. The van der Waals surface area contributed by atoms with Crippen LogP contribution in [-0.4, -0.2) is 24.3 Å². The van der Waals surface area contributed by atoms with Gasteiger partial charge in [-0.25, -0.2) is 0 Å². The summed E-state index contributed by atoms with van der Waals surface area (Å²) >= 11 is 1.50. The molecule has 1 aliphatic heterocycles. The maximum Gasteiger partial charge on any atom is 0.279 e. The first-order valence-corrected chi connectivity index (χ1v) is 10.5. The third kappa shape index (κ3) is 3.67. The first-order valence-electron chi connectivity index (χ1n) is 9.64. The quantitative estimate of drug-likeness (QED) is 0.782. The maximum atomic E-state index is 12.6. The zero-order chi connectivity index (χ0) is 19.7. The molecule has 7 heteroatoms. The Kier molecular flexibility index (Phi) is 5.17. The number of hydrazine groups is 1. The van der Waals surface area contributed by atoms with Gasteiger partial charge >= 0.3 is 0 Å². The predicted molar refractivity (Wildman–Crippen MR) is 108 cm³/mol. The van der Waals surface area contributed by atoms with Gasteiger partial charge in [0.25, 0.3) is 11.8 Å². The van der Waals surface area contributed by atoms with Crippen LogP contribution < -0.4 is 15.8 Å². The number of nitrogens with zero attached hydrogens (tertiary/aromatic N) is 1. The van der Waals surface area contributed by atoms with Gasteiger partial charge in [0.2, 0.25) is 5.91 Å². The van der Waals surface area contributed by atoms with Crippen molar-refractivity contribution >= 4 is 34.7 Å². The van der Waals surface area contributed by atoms with Crippen LogP contribution >= 0.6 is 11.3 Å². The smallest absolute Gasteiger partial charge is 0.279 e. The second kappa shape index (κ2) is 7.75. The van der Waals surface area contributed by atoms with Crippen LogP contribution in [0.2, 0.25) is 0 Å². The van der Waals surface area contributed by atoms with Gasteiger partial charge in [0.1, 0.15) is 0 Å². The summed E-state index contributed by atoms with van der Waals surface area (Å²) in [6.07, 6.45) is 4.44. The van der Waals surface area contributed by atoms with E-state index in [-0.39, 0.29) is 11.8 Å². The molecule has 146 valence electrons. The van der Waals surface area contributed by atoms with Gasteiger partial charge in [-0.2, -0.15) is 0 Å². The molecule has 0 spiro atoms. The molecule has 1 atom stereocenters. The van der Waals surface area contributed by atoms with Crippen molar-refractivity contribution in [3.8, 4) is 0 Å². The van der Waals surface area contributed by atoms with Crippen LogP contribution in [0.4, 0.5) is 5.69 Å². The van der Waals surface area contributed by atoms with Crippen molar-refractivity contribution in [1.82, 2.24) is 10.9 Å². The fraction of sp³-hybridized carbons (Fsp3) is 0.381. The number of carbonyl (C=O) groups is 3. The number of hydrogen-bond donors (Lipinski definition) is 2. The molecule has 0 saturated carbocycles. The number of aryl methyl sites for hydroxylation is 1. The van der Waals surface area contributed by atoms with E-state index < -0.39 is 5.91 Å². The molecule has 1 saturated heterocycles. The first-order chi connectivity index (χ1) is 13.5. The number of para-hydroxylation sites is 1. The third-order valence-electron chi connectivity index (χ3n) is 5.36. The van der Waals surface area contributed by atoms with E-state index >= 15 is 0 Å². The largest absolute Gasteiger partial charge is 0.312 e. The molecule has 0 radical (unpaired) electrons. The van der Waals surface area contributed by atoms with Gasteiger partial charge in [-0.3, -0.25) is 25.2 Å². The molecular weight excluding hydrogens is 374 g/mol. The van der Waals surface area contributed by atoms with Crippen LogP contribution in [0.3, 0.4) is 0 Å². The van der Waals surface area contributed by atoms with Gasteiger partial charge in [-0.05, 0) is 55.4 Å². The highest BCUT2D eigenvalue weighted by Crippen LogP contribution is 2.32. The topological polar surface area (TPSA) is 78.5 Å². The molecule has 2 N–H and O–H groups in total. The Morgan fingerprint density at radius 1 is 1.14 bits per heavy atom. The Labute approximate surface area is 167 Å². The Bertz CT molecular complexity index is 937. The lowest BCUT2D eigenvalue weighted by Crippen LogP contribution is -2.42. The number of carbonyl (C=O) groups excluding carboxylic acids is 3. The average molecular weight is 398 g/mol. The molecule has 1 aromatic heterocycles. The Morgan fingerprint density at radius 3 is 2.71 bits per heavy atom. The molecule has 4 rings (SSSR count). The average Bonchev–Trinajstić information content (AvgIpc) is 3.31. The van der Waals surface area contributed by atoms with E-state index in [1.54, 1.807) is 29.2 Å². The van der Waals surface area contributed by atoms with Crippen LogP contribution in [0.25, 0.3) is 0 Å². The number of rotatable bonds is 3. The third-order valence-corrected chi connectivity index (χ3v) is 6.59. The number of hydrogen-bond acceptors (Lipinski definition) is 4. The van der Waals surface area contributed by atoms with E-state index in [2.05, 4.69) is 17.8 Å². The molecule has 1 aliphatic carbocycles. The fourth-order valence-electron chi connectivity index (χ4n) is 3.86. The molecule has 28 heavy (non-hydrogen) atoms. The SMILES string of the molecule is C[C@@H]1CCc2sc(C(=O)NNC(=O)c3ccccc3N3CCCC3=O)cc2C1. The van der Waals surface area contributed by atoms with Crippen molar-refractivity contribution in [2.75, 3.05) is 11.4 Å². The highest BCUT2D eigenvalue weighted by atomic mass is 32.1. The number of nitrogens with one attached hydrogen (secondary N) is 2. The second-order valence-electron chi connectivity index (χ2n) is 7.48. The van der Waals surface area contributed by atoms with E-state index in [0.29, 0.717) is 35.0 Å². The van der Waals surface area contributed by atoms with E-state index in [9.17, 15) is 14.4 Å². The second-order valence-corrected chi connectivity index (χ2v) is 8.62. The summed E-state index contributed by atoms with van der Waals surface area (Å²) in [6.45, 7) is 2.83. The molecule has 0 unspecified atom stereocenters. The molecule has 2 aromatic rings. The van der Waals surface area contributed by atoms with E-state index in [4.69, 9.17) is 0 Å². The molecule has 1 fully saturated rings. The molecule has 0 bridgehead atoms. The summed E-state index contributed by atoms with van der Waals surface area (Å²) in [6, 6.07) is 8.90. The highest BCUT2D eigenvalue weighted by molar-refractivity contribution is 7.14. The summed E-state index contributed by atoms with van der Waals surface area (Å²) < 4.78 is 0. The van der Waals surface area contributed by atoms with Gasteiger partial charge < -0.3 is 4.90 Å². The van der Waals surface area contributed by atoms with Crippen LogP contribution in [-0.2, 0) is 17.6 Å². The highest BCUT2D eigenvalue weighted by Gasteiger charge is 2.26. The minimum absolute atomic E-state index is 0.0164. The lowest BCUT2D eigenvalue weighted by atomic mass is 9.90. The van der Waals surface area contributed by atoms with Crippen molar-refractivity contribution in [1.29, 1.82) is 0 Å². The first kappa shape index (κ1) is 18.7. The molecule has 3 amide bonds. The van der Waals surface area contributed by atoms with E-state index in [1.807, 2.05) is 6.07 Å². The zero-order valence-corrected chi connectivity index (χ0v) is 16.6. The van der Waals surface area contributed by atoms with E-state index in [1.165, 1.54) is 21.8 Å². The number of amides is 3. The summed E-state index contributed by atoms with van der Waals surface area (Å²) in [5, 5.41) is 0. The van der Waals surface area contributed by atoms with Crippen molar-refractivity contribution < 1.29 is 14.4 Å². The van der Waals surface area contributed by atoms with Gasteiger partial charge in [0.15, 0.2) is 0 Å². The van der Waals surface area contributed by atoms with Crippen molar-refractivity contribution in [3.05, 3.63) is 51.2 Å². The van der Waals surface area contributed by atoms with Gasteiger partial charge in [0.05, 0.1) is 16.1 Å². The Balaban J connectivity index is 1.44. The molecule has 2 aliphatic rings. The van der Waals surface area contributed by atoms with Crippen molar-refractivity contribution in [2.45, 2.75) is 39.0 Å². The number of benzene rings is 1. The summed E-state index contributed by atoms with van der Waals surface area (Å²) in [4.78, 5) is 40.7. The van der Waals surface area contributed by atoms with Gasteiger partial charge in [-0.1, -0.05) is 19.1 Å². The monoisotopic (exact) mass is 397 g/mol. The fourth-order valence-corrected chi connectivity index (χ4v) is 4.97. The van der Waals surface area contributed by atoms with Crippen molar-refractivity contribution in [3.63, 3.8) is 0 Å². The minimum Gasteiger partial charge on any atom is -0.312 e. The lowest BCUT2D eigenvalue weighted by Gasteiger charge is -2.19. The van der Waals surface area contributed by atoms with Crippen LogP contribution in [0.15, 0.2) is 30.3 Å². The maximum absolute atomic E-state index is 12.6. The molecule has 1 aromatic carbocycles. The normalized spacial score (nSPS) is 18.7. The summed E-state index contributed by atoms with van der Waals surface area (Å²) in [5.41, 5.74) is 7.21. The number of fused-ring (bicyclic) bond motifs is 1. The zero-order valence-electron chi connectivity index (χ0n) is 15.8. The Morgan fingerprint density at radius 2 is 1.93 bits per heavy atom. The predicted octanol–water partition coefficient (Wildman–Crippen LogP) is 3.07. The molecule has 2 heterocycles. The summed E-state index contributed by atoms with van der Waals surface area (Å²) in [7, 11) is 0. The van der Waals surface area contributed by atoms with Crippen LogP contribution in [0.1, 0.15) is 56.7 Å². The number of anilines is 1. The lowest BCUT2D eigenvalue weighted by molar-refractivity contribution is -0.117. The van der Waals surface area contributed by atoms with Crippen molar-refractivity contribution in [2.24, 2.45) is 5.92 Å². The van der Waals surface area contributed by atoms with Gasteiger partial charge in [-0.15, -0.1) is 11.3 Å². The molecule has 6 nitrogen and oxygen atoms in total. The van der Waals surface area contributed by atoms with Crippen LogP contribution in [0.5, 0.6) is 0 Å². The molecular formula is C21H23N3O3S. The Hall–Kier alpha value is -2.67. The van der Waals surface area contributed by atoms with Crippen LogP contribution in [0, 0.1) is 5.92 Å².